The molecule has 0 radical (unpaired) electrons. The van der Waals surface area contributed by atoms with E-state index in [2.05, 4.69) is 20.4 Å². The molecule has 1 amide bonds. The van der Waals surface area contributed by atoms with Crippen molar-refractivity contribution in [1.29, 1.82) is 0 Å². The number of likely N-dealkylation sites (tertiary alicyclic amines) is 2. The molecule has 3 aliphatic rings. The first-order valence-corrected chi connectivity index (χ1v) is 9.34. The van der Waals surface area contributed by atoms with Gasteiger partial charge in [0.15, 0.2) is 5.82 Å². The smallest absolute Gasteiger partial charge is 0.229 e. The van der Waals surface area contributed by atoms with Crippen LogP contribution in [0, 0.1) is 0 Å². The van der Waals surface area contributed by atoms with Crippen LogP contribution >= 0.6 is 0 Å². The number of nitrogens with zero attached hydrogens (tertiary/aromatic N) is 4. The van der Waals surface area contributed by atoms with Gasteiger partial charge in [0, 0.05) is 44.6 Å². The summed E-state index contributed by atoms with van der Waals surface area (Å²) in [6.07, 6.45) is 6.51. The van der Waals surface area contributed by atoms with E-state index in [1.165, 1.54) is 25.7 Å². The van der Waals surface area contributed by atoms with Crippen molar-refractivity contribution in [2.24, 2.45) is 0 Å². The second-order valence-electron chi connectivity index (χ2n) is 7.34. The monoisotopic (exact) mass is 333 g/mol. The minimum atomic E-state index is 0.311. The van der Waals surface area contributed by atoms with Crippen molar-refractivity contribution in [3.05, 3.63) is 11.7 Å². The normalized spacial score (nSPS) is 25.6. The lowest BCUT2D eigenvalue weighted by Crippen LogP contribution is -2.47. The Kier molecular flexibility index (Phi) is 4.80. The van der Waals surface area contributed by atoms with E-state index in [1.807, 2.05) is 4.90 Å². The molecule has 3 heterocycles. The van der Waals surface area contributed by atoms with Gasteiger partial charge in [-0.2, -0.15) is 4.98 Å². The van der Waals surface area contributed by atoms with Crippen LogP contribution < -0.4 is 5.32 Å². The molecule has 132 valence electrons. The molecule has 1 aliphatic carbocycles. The Hall–Kier alpha value is -1.47. The first-order valence-electron chi connectivity index (χ1n) is 9.34. The lowest BCUT2D eigenvalue weighted by molar-refractivity contribution is -0.127. The van der Waals surface area contributed by atoms with Gasteiger partial charge in [0.05, 0.1) is 6.54 Å². The van der Waals surface area contributed by atoms with Gasteiger partial charge in [-0.05, 0) is 38.6 Å². The topological polar surface area (TPSA) is 74.5 Å². The van der Waals surface area contributed by atoms with E-state index < -0.39 is 0 Å². The van der Waals surface area contributed by atoms with Crippen LogP contribution in [-0.2, 0) is 11.3 Å². The molecule has 24 heavy (non-hydrogen) atoms. The van der Waals surface area contributed by atoms with Crippen LogP contribution in [0.1, 0.15) is 56.2 Å². The van der Waals surface area contributed by atoms with Crippen molar-refractivity contribution in [3.63, 3.8) is 0 Å². The number of hydrogen-bond donors (Lipinski definition) is 1. The molecule has 2 saturated heterocycles. The van der Waals surface area contributed by atoms with Gasteiger partial charge in [-0.25, -0.2) is 0 Å². The van der Waals surface area contributed by atoms with Gasteiger partial charge >= 0.3 is 0 Å². The van der Waals surface area contributed by atoms with Gasteiger partial charge in [0.1, 0.15) is 0 Å². The van der Waals surface area contributed by atoms with Crippen molar-refractivity contribution >= 4 is 5.91 Å². The molecule has 1 unspecified atom stereocenters. The number of nitrogens with one attached hydrogen (secondary N) is 1. The third-order valence-corrected chi connectivity index (χ3v) is 5.27. The average molecular weight is 333 g/mol. The maximum Gasteiger partial charge on any atom is 0.229 e. The molecule has 1 aromatic rings. The molecule has 0 aromatic carbocycles. The fraction of sp³-hybridized carbons (Fsp3) is 0.824. The minimum absolute atomic E-state index is 0.311. The molecule has 7 nitrogen and oxygen atoms in total. The van der Waals surface area contributed by atoms with Crippen LogP contribution in [0.2, 0.25) is 0 Å². The highest BCUT2D eigenvalue weighted by atomic mass is 16.5. The van der Waals surface area contributed by atoms with Crippen LogP contribution in [-0.4, -0.2) is 64.6 Å². The van der Waals surface area contributed by atoms with Gasteiger partial charge in [-0.3, -0.25) is 9.69 Å². The van der Waals surface area contributed by atoms with Crippen molar-refractivity contribution < 1.29 is 9.32 Å². The van der Waals surface area contributed by atoms with E-state index >= 15 is 0 Å². The zero-order chi connectivity index (χ0) is 16.4. The van der Waals surface area contributed by atoms with Gasteiger partial charge in [0.25, 0.3) is 0 Å². The van der Waals surface area contributed by atoms with Gasteiger partial charge in [-0.1, -0.05) is 5.16 Å². The fourth-order valence-corrected chi connectivity index (χ4v) is 3.74. The van der Waals surface area contributed by atoms with E-state index in [9.17, 15) is 4.79 Å². The molecule has 1 atom stereocenters. The number of amides is 1. The van der Waals surface area contributed by atoms with E-state index in [-0.39, 0.29) is 0 Å². The standard InChI is InChI=1S/C17H27N5O2/c23-16-4-2-9-22(16)10-7-18-14-3-1-8-21(11-14)12-15-19-17(24-20-15)13-5-6-13/h13-14,18H,1-12H2. The van der Waals surface area contributed by atoms with E-state index in [0.29, 0.717) is 17.9 Å². The molecule has 0 bridgehead atoms. The van der Waals surface area contributed by atoms with Crippen molar-refractivity contribution in [2.45, 2.75) is 57.0 Å². The van der Waals surface area contributed by atoms with E-state index in [1.54, 1.807) is 0 Å². The molecule has 1 saturated carbocycles. The lowest BCUT2D eigenvalue weighted by atomic mass is 10.1. The predicted octanol–water partition coefficient (Wildman–Crippen LogP) is 1.12. The third kappa shape index (κ3) is 3.95. The summed E-state index contributed by atoms with van der Waals surface area (Å²) in [5.41, 5.74) is 0. The molecule has 3 fully saturated rings. The van der Waals surface area contributed by atoms with Crippen LogP contribution in [0.3, 0.4) is 0 Å². The Morgan fingerprint density at radius 1 is 1.21 bits per heavy atom. The molecule has 4 rings (SSSR count). The lowest BCUT2D eigenvalue weighted by Gasteiger charge is -2.32. The number of aromatic nitrogens is 2. The van der Waals surface area contributed by atoms with Gasteiger partial charge in [-0.15, -0.1) is 0 Å². The number of rotatable bonds is 7. The summed E-state index contributed by atoms with van der Waals surface area (Å²) in [7, 11) is 0. The SMILES string of the molecule is O=C1CCCN1CCNC1CCCN(Cc2noc(C3CC3)n2)C1. The fourth-order valence-electron chi connectivity index (χ4n) is 3.74. The van der Waals surface area contributed by atoms with Crippen LogP contribution in [0.15, 0.2) is 4.52 Å². The number of carbonyl (C=O) groups is 1. The maximum absolute atomic E-state index is 11.6. The Morgan fingerprint density at radius 3 is 2.92 bits per heavy atom. The Balaban J connectivity index is 1.20. The van der Waals surface area contributed by atoms with E-state index in [4.69, 9.17) is 4.52 Å². The van der Waals surface area contributed by atoms with E-state index in [0.717, 1.165) is 63.8 Å². The summed E-state index contributed by atoms with van der Waals surface area (Å²) in [6, 6.07) is 0.492. The Morgan fingerprint density at radius 2 is 2.12 bits per heavy atom. The highest BCUT2D eigenvalue weighted by molar-refractivity contribution is 5.78. The zero-order valence-corrected chi connectivity index (χ0v) is 14.2. The minimum Gasteiger partial charge on any atom is -0.341 e. The van der Waals surface area contributed by atoms with Gasteiger partial charge in [0.2, 0.25) is 11.8 Å². The second-order valence-corrected chi connectivity index (χ2v) is 7.34. The highest BCUT2D eigenvalue weighted by Gasteiger charge is 2.30. The third-order valence-electron chi connectivity index (χ3n) is 5.27. The summed E-state index contributed by atoms with van der Waals surface area (Å²) in [5, 5.41) is 7.75. The maximum atomic E-state index is 11.6. The quantitative estimate of drug-likeness (QED) is 0.806. The molecule has 1 aromatic heterocycles. The Labute approximate surface area is 142 Å². The molecule has 1 N–H and O–H groups in total. The molecule has 2 aliphatic heterocycles. The Bertz CT molecular complexity index is 571. The van der Waals surface area contributed by atoms with Crippen LogP contribution in [0.4, 0.5) is 0 Å². The summed E-state index contributed by atoms with van der Waals surface area (Å²) in [4.78, 5) is 20.5. The van der Waals surface area contributed by atoms with Gasteiger partial charge < -0.3 is 14.7 Å². The van der Waals surface area contributed by atoms with Crippen molar-refractivity contribution in [3.8, 4) is 0 Å². The predicted molar refractivity (Wildman–Crippen MR) is 88.4 cm³/mol. The first kappa shape index (κ1) is 16.0. The van der Waals surface area contributed by atoms with Crippen molar-refractivity contribution in [1.82, 2.24) is 25.3 Å². The van der Waals surface area contributed by atoms with Crippen LogP contribution in [0.25, 0.3) is 0 Å². The number of piperidine rings is 1. The van der Waals surface area contributed by atoms with Crippen LogP contribution in [0.5, 0.6) is 0 Å². The molecule has 0 spiro atoms. The summed E-state index contributed by atoms with van der Waals surface area (Å²) >= 11 is 0. The first-order chi connectivity index (χ1) is 11.8. The van der Waals surface area contributed by atoms with Crippen molar-refractivity contribution in [2.75, 3.05) is 32.7 Å². The molecular formula is C17H27N5O2. The summed E-state index contributed by atoms with van der Waals surface area (Å²) in [5.74, 6) is 2.48. The average Bonchev–Trinajstić information content (AvgIpc) is 3.20. The molecule has 7 heteroatoms. The summed E-state index contributed by atoms with van der Waals surface area (Å²) < 4.78 is 5.35. The number of carbonyl (C=O) groups excluding carboxylic acids is 1. The molecular weight excluding hydrogens is 306 g/mol. The highest BCUT2D eigenvalue weighted by Crippen LogP contribution is 2.38. The zero-order valence-electron chi connectivity index (χ0n) is 14.2. The number of hydrogen-bond acceptors (Lipinski definition) is 6. The summed E-state index contributed by atoms with van der Waals surface area (Å²) in [6.45, 7) is 5.54. The largest absolute Gasteiger partial charge is 0.341 e. The second kappa shape index (κ2) is 7.19.